The number of amides is 1. The first-order chi connectivity index (χ1) is 10.1. The maximum absolute atomic E-state index is 12.2. The largest absolute Gasteiger partial charge is 0.378 e. The molecule has 2 aromatic carbocycles. The van der Waals surface area contributed by atoms with Gasteiger partial charge in [-0.05, 0) is 29.3 Å². The second-order valence-electron chi connectivity index (χ2n) is 5.10. The Morgan fingerprint density at radius 1 is 1.10 bits per heavy atom. The highest BCUT2D eigenvalue weighted by atomic mass is 16.1. The van der Waals surface area contributed by atoms with Crippen molar-refractivity contribution in [1.29, 1.82) is 0 Å². The Bertz CT molecular complexity index is 623. The Balaban J connectivity index is 2.06. The van der Waals surface area contributed by atoms with Gasteiger partial charge in [0.05, 0.1) is 0 Å². The van der Waals surface area contributed by atoms with Crippen molar-refractivity contribution in [2.75, 3.05) is 19.0 Å². The number of nitrogens with two attached hydrogens (primary N) is 1. The van der Waals surface area contributed by atoms with E-state index in [0.717, 1.165) is 16.8 Å². The van der Waals surface area contributed by atoms with Crippen LogP contribution in [0.3, 0.4) is 0 Å². The third-order valence-electron chi connectivity index (χ3n) is 3.40. The van der Waals surface area contributed by atoms with E-state index in [-0.39, 0.29) is 5.91 Å². The highest BCUT2D eigenvalue weighted by Crippen LogP contribution is 2.14. The molecule has 3 N–H and O–H groups in total. The van der Waals surface area contributed by atoms with E-state index in [0.29, 0.717) is 18.7 Å². The molecule has 2 rings (SSSR count). The summed E-state index contributed by atoms with van der Waals surface area (Å²) in [5, 5.41) is 2.94. The van der Waals surface area contributed by atoms with Gasteiger partial charge < -0.3 is 16.0 Å². The van der Waals surface area contributed by atoms with Gasteiger partial charge in [0.25, 0.3) is 5.91 Å². The van der Waals surface area contributed by atoms with Gasteiger partial charge in [0.15, 0.2) is 0 Å². The lowest BCUT2D eigenvalue weighted by Crippen LogP contribution is -2.24. The lowest BCUT2D eigenvalue weighted by Gasteiger charge is -2.14. The summed E-state index contributed by atoms with van der Waals surface area (Å²) in [5.74, 6) is -0.0782. The van der Waals surface area contributed by atoms with Gasteiger partial charge in [-0.2, -0.15) is 0 Å². The number of hydrogen-bond donors (Lipinski definition) is 2. The molecule has 4 heteroatoms. The summed E-state index contributed by atoms with van der Waals surface area (Å²) in [6.07, 6.45) is 0. The average Bonchev–Trinajstić information content (AvgIpc) is 2.52. The van der Waals surface area contributed by atoms with Crippen molar-refractivity contribution in [3.8, 4) is 0 Å². The first kappa shape index (κ1) is 15.1. The van der Waals surface area contributed by atoms with Gasteiger partial charge in [-0.1, -0.05) is 30.3 Å². The summed E-state index contributed by atoms with van der Waals surface area (Å²) in [7, 11) is 3.91. The van der Waals surface area contributed by atoms with E-state index in [1.165, 1.54) is 0 Å². The normalized spacial score (nSPS) is 10.2. The van der Waals surface area contributed by atoms with Crippen molar-refractivity contribution < 1.29 is 4.79 Å². The molecule has 21 heavy (non-hydrogen) atoms. The van der Waals surface area contributed by atoms with Crippen LogP contribution in [0.1, 0.15) is 21.5 Å². The molecule has 4 nitrogen and oxygen atoms in total. The zero-order valence-corrected chi connectivity index (χ0v) is 12.5. The van der Waals surface area contributed by atoms with Crippen LogP contribution < -0.4 is 16.0 Å². The third kappa shape index (κ3) is 3.83. The van der Waals surface area contributed by atoms with E-state index in [4.69, 9.17) is 5.73 Å². The summed E-state index contributed by atoms with van der Waals surface area (Å²) in [6.45, 7) is 0.959. The number of carbonyl (C=O) groups is 1. The van der Waals surface area contributed by atoms with E-state index in [1.807, 2.05) is 67.5 Å². The summed E-state index contributed by atoms with van der Waals surface area (Å²) in [6, 6.07) is 15.4. The number of carbonyl (C=O) groups excluding carboxylic acids is 1. The average molecular weight is 283 g/mol. The van der Waals surface area contributed by atoms with Gasteiger partial charge in [-0.25, -0.2) is 0 Å². The minimum absolute atomic E-state index is 0.0782. The lowest BCUT2D eigenvalue weighted by molar-refractivity contribution is 0.0951. The second-order valence-corrected chi connectivity index (χ2v) is 5.10. The fourth-order valence-corrected chi connectivity index (χ4v) is 2.13. The minimum Gasteiger partial charge on any atom is -0.378 e. The highest BCUT2D eigenvalue weighted by Gasteiger charge is 2.08. The fourth-order valence-electron chi connectivity index (χ4n) is 2.13. The van der Waals surface area contributed by atoms with Gasteiger partial charge in [0.2, 0.25) is 0 Å². The summed E-state index contributed by atoms with van der Waals surface area (Å²) >= 11 is 0. The molecule has 0 aromatic heterocycles. The smallest absolute Gasteiger partial charge is 0.251 e. The van der Waals surface area contributed by atoms with E-state index >= 15 is 0 Å². The molecule has 0 heterocycles. The van der Waals surface area contributed by atoms with E-state index < -0.39 is 0 Å². The number of anilines is 1. The number of hydrogen-bond acceptors (Lipinski definition) is 3. The van der Waals surface area contributed by atoms with Crippen LogP contribution in [-0.4, -0.2) is 20.0 Å². The first-order valence-electron chi connectivity index (χ1n) is 6.94. The standard InChI is InChI=1S/C17H21N3O/c1-20(2)16-9-5-8-13(10-16)17(21)19-12-15-7-4-3-6-14(15)11-18/h3-10H,11-12,18H2,1-2H3,(H,19,21). The molecule has 0 spiro atoms. The topological polar surface area (TPSA) is 58.4 Å². The van der Waals surface area contributed by atoms with Gasteiger partial charge in [0.1, 0.15) is 0 Å². The lowest BCUT2D eigenvalue weighted by atomic mass is 10.1. The maximum atomic E-state index is 12.2. The maximum Gasteiger partial charge on any atom is 0.251 e. The van der Waals surface area contributed by atoms with Crippen LogP contribution in [0.2, 0.25) is 0 Å². The van der Waals surface area contributed by atoms with Gasteiger partial charge in [-0.15, -0.1) is 0 Å². The van der Waals surface area contributed by atoms with Crippen LogP contribution in [0, 0.1) is 0 Å². The Hall–Kier alpha value is -2.33. The molecule has 0 bridgehead atoms. The molecule has 0 unspecified atom stereocenters. The van der Waals surface area contributed by atoms with Crippen LogP contribution in [0.4, 0.5) is 5.69 Å². The molecule has 0 aliphatic carbocycles. The third-order valence-corrected chi connectivity index (χ3v) is 3.40. The quantitative estimate of drug-likeness (QED) is 0.884. The zero-order chi connectivity index (χ0) is 15.2. The number of benzene rings is 2. The molecule has 2 aromatic rings. The van der Waals surface area contributed by atoms with Gasteiger partial charge in [0, 0.05) is 38.4 Å². The van der Waals surface area contributed by atoms with Crippen molar-refractivity contribution in [3.63, 3.8) is 0 Å². The number of nitrogens with zero attached hydrogens (tertiary/aromatic N) is 1. The Labute approximate surface area is 125 Å². The summed E-state index contributed by atoms with van der Waals surface area (Å²) < 4.78 is 0. The molecular formula is C17H21N3O. The fraction of sp³-hybridized carbons (Fsp3) is 0.235. The second kappa shape index (κ2) is 6.90. The molecule has 0 aliphatic heterocycles. The molecule has 0 radical (unpaired) electrons. The van der Waals surface area contributed by atoms with E-state index in [9.17, 15) is 4.79 Å². The first-order valence-corrected chi connectivity index (χ1v) is 6.94. The van der Waals surface area contributed by atoms with Crippen molar-refractivity contribution in [1.82, 2.24) is 5.32 Å². The molecular weight excluding hydrogens is 262 g/mol. The molecule has 0 fully saturated rings. The van der Waals surface area contributed by atoms with Crippen molar-refractivity contribution in [2.45, 2.75) is 13.1 Å². The summed E-state index contributed by atoms with van der Waals surface area (Å²) in [4.78, 5) is 14.2. The minimum atomic E-state index is -0.0782. The predicted molar refractivity (Wildman–Crippen MR) is 86.3 cm³/mol. The molecule has 0 saturated carbocycles. The molecule has 0 atom stereocenters. The zero-order valence-electron chi connectivity index (χ0n) is 12.5. The van der Waals surface area contributed by atoms with Crippen LogP contribution in [0.25, 0.3) is 0 Å². The highest BCUT2D eigenvalue weighted by molar-refractivity contribution is 5.95. The molecule has 110 valence electrons. The van der Waals surface area contributed by atoms with Crippen molar-refractivity contribution >= 4 is 11.6 Å². The van der Waals surface area contributed by atoms with Gasteiger partial charge >= 0.3 is 0 Å². The van der Waals surface area contributed by atoms with E-state index in [2.05, 4.69) is 5.32 Å². The summed E-state index contributed by atoms with van der Waals surface area (Å²) in [5.41, 5.74) is 9.47. The molecule has 0 saturated heterocycles. The molecule has 1 amide bonds. The Morgan fingerprint density at radius 3 is 2.48 bits per heavy atom. The van der Waals surface area contributed by atoms with Crippen LogP contribution in [0.5, 0.6) is 0 Å². The number of rotatable bonds is 5. The van der Waals surface area contributed by atoms with E-state index in [1.54, 1.807) is 0 Å². The van der Waals surface area contributed by atoms with Gasteiger partial charge in [-0.3, -0.25) is 4.79 Å². The Kier molecular flexibility index (Phi) is 4.95. The SMILES string of the molecule is CN(C)c1cccc(C(=O)NCc2ccccc2CN)c1. The number of nitrogens with one attached hydrogen (secondary N) is 1. The Morgan fingerprint density at radius 2 is 1.81 bits per heavy atom. The van der Waals surface area contributed by atoms with Crippen molar-refractivity contribution in [3.05, 3.63) is 65.2 Å². The van der Waals surface area contributed by atoms with Crippen LogP contribution in [0.15, 0.2) is 48.5 Å². The van der Waals surface area contributed by atoms with Crippen LogP contribution >= 0.6 is 0 Å². The molecule has 0 aliphatic rings. The monoisotopic (exact) mass is 283 g/mol. The van der Waals surface area contributed by atoms with Crippen molar-refractivity contribution in [2.24, 2.45) is 5.73 Å². The van der Waals surface area contributed by atoms with Crippen LogP contribution in [-0.2, 0) is 13.1 Å². The predicted octanol–water partition coefficient (Wildman–Crippen LogP) is 2.14.